The molecule has 0 saturated heterocycles. The third kappa shape index (κ3) is 4.50. The highest BCUT2D eigenvalue weighted by atomic mass is 19.1. The van der Waals surface area contributed by atoms with Crippen molar-refractivity contribution >= 4 is 17.5 Å². The average molecular weight is 337 g/mol. The van der Waals surface area contributed by atoms with E-state index < -0.39 is 0 Å². The monoisotopic (exact) mass is 337 g/mol. The first-order valence-corrected chi connectivity index (χ1v) is 8.15. The molecule has 128 valence electrons. The molecule has 1 heterocycles. The molecule has 0 amide bonds. The van der Waals surface area contributed by atoms with Gasteiger partial charge in [-0.3, -0.25) is 0 Å². The standard InChI is InChI=1S/C19H20FN5/c1-14(2)25(13-15-7-4-3-5-8-15)18-12-21-24-19(23-18)22-17-10-6-9-16(20)11-17/h3-12,14H,13H2,1-2H3,(H,22,23,24). The maximum atomic E-state index is 13.3. The molecule has 1 aromatic heterocycles. The van der Waals surface area contributed by atoms with Gasteiger partial charge in [0.1, 0.15) is 5.82 Å². The molecule has 0 bridgehead atoms. The van der Waals surface area contributed by atoms with Crippen molar-refractivity contribution in [2.45, 2.75) is 26.4 Å². The van der Waals surface area contributed by atoms with Gasteiger partial charge in [0, 0.05) is 18.3 Å². The molecule has 3 aromatic rings. The molecule has 2 aromatic carbocycles. The fraction of sp³-hybridized carbons (Fsp3) is 0.211. The third-order valence-corrected chi connectivity index (χ3v) is 3.74. The van der Waals surface area contributed by atoms with Crippen LogP contribution in [0.2, 0.25) is 0 Å². The maximum Gasteiger partial charge on any atom is 0.249 e. The Morgan fingerprint density at radius 1 is 1.08 bits per heavy atom. The molecule has 6 heteroatoms. The second-order valence-corrected chi connectivity index (χ2v) is 5.98. The van der Waals surface area contributed by atoms with E-state index >= 15 is 0 Å². The summed E-state index contributed by atoms with van der Waals surface area (Å²) in [5.74, 6) is 0.733. The molecule has 0 aliphatic rings. The maximum absolute atomic E-state index is 13.3. The summed E-state index contributed by atoms with van der Waals surface area (Å²) < 4.78 is 13.3. The van der Waals surface area contributed by atoms with Gasteiger partial charge in [0.25, 0.3) is 0 Å². The number of benzene rings is 2. The van der Waals surface area contributed by atoms with E-state index in [1.807, 2.05) is 18.2 Å². The minimum Gasteiger partial charge on any atom is -0.348 e. The van der Waals surface area contributed by atoms with Crippen molar-refractivity contribution in [2.75, 3.05) is 10.2 Å². The minimum atomic E-state index is -0.318. The highest BCUT2D eigenvalue weighted by Crippen LogP contribution is 2.20. The van der Waals surface area contributed by atoms with Crippen molar-refractivity contribution in [3.8, 4) is 0 Å². The molecule has 0 saturated carbocycles. The van der Waals surface area contributed by atoms with Crippen LogP contribution in [0.1, 0.15) is 19.4 Å². The second kappa shape index (κ2) is 7.70. The van der Waals surface area contributed by atoms with E-state index in [0.717, 1.165) is 6.54 Å². The molecule has 3 rings (SSSR count). The van der Waals surface area contributed by atoms with E-state index in [2.05, 4.69) is 51.4 Å². The van der Waals surface area contributed by atoms with Crippen LogP contribution in [0, 0.1) is 5.82 Å². The van der Waals surface area contributed by atoms with Crippen molar-refractivity contribution in [2.24, 2.45) is 0 Å². The topological polar surface area (TPSA) is 53.9 Å². The summed E-state index contributed by atoms with van der Waals surface area (Å²) in [6.07, 6.45) is 1.64. The van der Waals surface area contributed by atoms with Crippen LogP contribution < -0.4 is 10.2 Å². The molecule has 1 N–H and O–H groups in total. The van der Waals surface area contributed by atoms with Crippen LogP contribution in [0.15, 0.2) is 60.8 Å². The van der Waals surface area contributed by atoms with Gasteiger partial charge in [-0.25, -0.2) is 4.39 Å². The Balaban J connectivity index is 1.82. The Labute approximate surface area is 146 Å². The first kappa shape index (κ1) is 16.8. The van der Waals surface area contributed by atoms with Gasteiger partial charge in [-0.2, -0.15) is 10.1 Å². The van der Waals surface area contributed by atoms with Crippen LogP contribution >= 0.6 is 0 Å². The van der Waals surface area contributed by atoms with Gasteiger partial charge >= 0.3 is 0 Å². The highest BCUT2D eigenvalue weighted by Gasteiger charge is 2.14. The largest absolute Gasteiger partial charge is 0.348 e. The van der Waals surface area contributed by atoms with Gasteiger partial charge < -0.3 is 10.2 Å². The molecule has 0 spiro atoms. The SMILES string of the molecule is CC(C)N(Cc1ccccc1)c1cnnc(Nc2cccc(F)c2)n1. The van der Waals surface area contributed by atoms with E-state index in [4.69, 9.17) is 0 Å². The number of aromatic nitrogens is 3. The Hall–Kier alpha value is -3.02. The first-order valence-electron chi connectivity index (χ1n) is 8.15. The number of hydrogen-bond donors (Lipinski definition) is 1. The Morgan fingerprint density at radius 3 is 2.60 bits per heavy atom. The van der Waals surface area contributed by atoms with E-state index in [1.165, 1.54) is 17.7 Å². The summed E-state index contributed by atoms with van der Waals surface area (Å²) in [5.41, 5.74) is 1.77. The first-order chi connectivity index (χ1) is 12.1. The predicted molar refractivity (Wildman–Crippen MR) is 97.3 cm³/mol. The van der Waals surface area contributed by atoms with E-state index in [1.54, 1.807) is 18.3 Å². The molecule has 0 aliphatic heterocycles. The summed E-state index contributed by atoms with van der Waals surface area (Å²) in [6.45, 7) is 4.92. The third-order valence-electron chi connectivity index (χ3n) is 3.74. The Morgan fingerprint density at radius 2 is 1.88 bits per heavy atom. The van der Waals surface area contributed by atoms with Gasteiger partial charge in [0.15, 0.2) is 5.82 Å². The van der Waals surface area contributed by atoms with Gasteiger partial charge in [0.05, 0.1) is 6.20 Å². The lowest BCUT2D eigenvalue weighted by Gasteiger charge is -2.27. The number of rotatable bonds is 6. The molecule has 0 unspecified atom stereocenters. The van der Waals surface area contributed by atoms with E-state index in [9.17, 15) is 4.39 Å². The van der Waals surface area contributed by atoms with Gasteiger partial charge in [-0.1, -0.05) is 36.4 Å². The molecular formula is C19H20FN5. The molecule has 0 atom stereocenters. The summed E-state index contributed by atoms with van der Waals surface area (Å²) in [6, 6.07) is 16.6. The van der Waals surface area contributed by atoms with Crippen molar-refractivity contribution in [3.05, 3.63) is 72.2 Å². The van der Waals surface area contributed by atoms with Gasteiger partial charge in [-0.15, -0.1) is 5.10 Å². The summed E-state index contributed by atoms with van der Waals surface area (Å²) in [4.78, 5) is 6.67. The molecule has 5 nitrogen and oxygen atoms in total. The lowest BCUT2D eigenvalue weighted by atomic mass is 10.2. The van der Waals surface area contributed by atoms with Crippen LogP contribution in [0.3, 0.4) is 0 Å². The van der Waals surface area contributed by atoms with Crippen LogP contribution in [0.4, 0.5) is 21.8 Å². The number of nitrogens with zero attached hydrogens (tertiary/aromatic N) is 4. The minimum absolute atomic E-state index is 0.235. The smallest absolute Gasteiger partial charge is 0.249 e. The van der Waals surface area contributed by atoms with Crippen molar-refractivity contribution in [1.82, 2.24) is 15.2 Å². The fourth-order valence-corrected chi connectivity index (χ4v) is 2.49. The van der Waals surface area contributed by atoms with E-state index in [0.29, 0.717) is 17.5 Å². The zero-order chi connectivity index (χ0) is 17.6. The Kier molecular flexibility index (Phi) is 5.18. The van der Waals surface area contributed by atoms with Crippen molar-refractivity contribution in [1.29, 1.82) is 0 Å². The molecule has 0 aliphatic carbocycles. The lowest BCUT2D eigenvalue weighted by molar-refractivity contribution is 0.628. The van der Waals surface area contributed by atoms with E-state index in [-0.39, 0.29) is 11.9 Å². The molecule has 25 heavy (non-hydrogen) atoms. The average Bonchev–Trinajstić information content (AvgIpc) is 2.60. The predicted octanol–water partition coefficient (Wildman–Crippen LogP) is 4.17. The molecule has 0 fully saturated rings. The second-order valence-electron chi connectivity index (χ2n) is 5.98. The molecule has 0 radical (unpaired) electrons. The fourth-order valence-electron chi connectivity index (χ4n) is 2.49. The summed E-state index contributed by atoms with van der Waals surface area (Å²) >= 11 is 0. The summed E-state index contributed by atoms with van der Waals surface area (Å²) in [7, 11) is 0. The number of hydrogen-bond acceptors (Lipinski definition) is 5. The number of anilines is 3. The zero-order valence-corrected chi connectivity index (χ0v) is 14.2. The number of halogens is 1. The van der Waals surface area contributed by atoms with Crippen LogP contribution in [-0.2, 0) is 6.54 Å². The number of nitrogens with one attached hydrogen (secondary N) is 1. The van der Waals surface area contributed by atoms with Gasteiger partial charge in [-0.05, 0) is 37.6 Å². The molecular weight excluding hydrogens is 317 g/mol. The van der Waals surface area contributed by atoms with Crippen molar-refractivity contribution < 1.29 is 4.39 Å². The van der Waals surface area contributed by atoms with Gasteiger partial charge in [0.2, 0.25) is 5.95 Å². The van der Waals surface area contributed by atoms with Crippen molar-refractivity contribution in [3.63, 3.8) is 0 Å². The highest BCUT2D eigenvalue weighted by molar-refractivity contribution is 5.54. The lowest BCUT2D eigenvalue weighted by Crippen LogP contribution is -2.31. The van der Waals surface area contributed by atoms with Crippen LogP contribution in [-0.4, -0.2) is 21.2 Å². The van der Waals surface area contributed by atoms with Crippen LogP contribution in [0.5, 0.6) is 0 Å². The summed E-state index contributed by atoms with van der Waals surface area (Å²) in [5, 5.41) is 11.0. The quantitative estimate of drug-likeness (QED) is 0.732. The normalized spacial score (nSPS) is 10.7. The van der Waals surface area contributed by atoms with Crippen LogP contribution in [0.25, 0.3) is 0 Å². The Bertz CT molecular complexity index is 823. The zero-order valence-electron chi connectivity index (χ0n) is 14.2.